The van der Waals surface area contributed by atoms with E-state index in [4.69, 9.17) is 0 Å². The normalized spacial score (nSPS) is 32.0. The molecule has 0 bridgehead atoms. The molecule has 122 valence electrons. The standard InChI is InChI=1S/C16H29NO3S/c1-2-3-4-13-5-7-15(8-6-13)16(18)17-11-14-9-10-21(19,20)12-14/h13-15H,2-12H2,1H3,(H,17,18)/t13?,14-,15?/m0/s1. The molecule has 1 saturated heterocycles. The SMILES string of the molecule is CCCCC1CCC(C(=O)NC[C@@H]2CCS(=O)(=O)C2)CC1. The Morgan fingerprint density at radius 1 is 1.10 bits per heavy atom. The number of unbranched alkanes of at least 4 members (excludes halogenated alkanes) is 1. The third kappa shape index (κ3) is 5.28. The van der Waals surface area contributed by atoms with Gasteiger partial charge < -0.3 is 5.32 Å². The van der Waals surface area contributed by atoms with Crippen LogP contribution >= 0.6 is 0 Å². The molecule has 5 heteroatoms. The van der Waals surface area contributed by atoms with Gasteiger partial charge in [-0.15, -0.1) is 0 Å². The van der Waals surface area contributed by atoms with Gasteiger partial charge in [-0.05, 0) is 43.9 Å². The topological polar surface area (TPSA) is 63.2 Å². The van der Waals surface area contributed by atoms with E-state index >= 15 is 0 Å². The molecule has 1 aliphatic carbocycles. The molecule has 2 fully saturated rings. The summed E-state index contributed by atoms with van der Waals surface area (Å²) >= 11 is 0. The molecule has 1 N–H and O–H groups in total. The molecule has 0 aromatic heterocycles. The van der Waals surface area contributed by atoms with Crippen molar-refractivity contribution in [3.63, 3.8) is 0 Å². The predicted octanol–water partition coefficient (Wildman–Crippen LogP) is 2.53. The van der Waals surface area contributed by atoms with E-state index < -0.39 is 9.84 Å². The highest BCUT2D eigenvalue weighted by molar-refractivity contribution is 7.91. The molecule has 1 saturated carbocycles. The zero-order valence-corrected chi connectivity index (χ0v) is 14.0. The lowest BCUT2D eigenvalue weighted by Gasteiger charge is -2.28. The van der Waals surface area contributed by atoms with Crippen LogP contribution in [0.25, 0.3) is 0 Å². The van der Waals surface area contributed by atoms with E-state index in [1.807, 2.05) is 0 Å². The zero-order valence-electron chi connectivity index (χ0n) is 13.1. The van der Waals surface area contributed by atoms with E-state index in [-0.39, 0.29) is 29.2 Å². The number of nitrogens with one attached hydrogen (secondary N) is 1. The van der Waals surface area contributed by atoms with E-state index in [0.717, 1.165) is 18.8 Å². The fourth-order valence-electron chi connectivity index (χ4n) is 3.63. The lowest BCUT2D eigenvalue weighted by atomic mass is 9.79. The summed E-state index contributed by atoms with van der Waals surface area (Å²) in [5, 5.41) is 2.99. The summed E-state index contributed by atoms with van der Waals surface area (Å²) in [6, 6.07) is 0. The smallest absolute Gasteiger partial charge is 0.223 e. The van der Waals surface area contributed by atoms with Crippen molar-refractivity contribution in [1.29, 1.82) is 0 Å². The van der Waals surface area contributed by atoms with Crippen LogP contribution in [0.15, 0.2) is 0 Å². The Bertz CT molecular complexity index is 438. The van der Waals surface area contributed by atoms with Crippen LogP contribution in [0.2, 0.25) is 0 Å². The van der Waals surface area contributed by atoms with Crippen LogP contribution in [0.3, 0.4) is 0 Å². The van der Waals surface area contributed by atoms with Crippen LogP contribution in [-0.2, 0) is 14.6 Å². The van der Waals surface area contributed by atoms with Crippen molar-refractivity contribution in [3.8, 4) is 0 Å². The van der Waals surface area contributed by atoms with Crippen molar-refractivity contribution in [3.05, 3.63) is 0 Å². The van der Waals surface area contributed by atoms with E-state index in [9.17, 15) is 13.2 Å². The highest BCUT2D eigenvalue weighted by Crippen LogP contribution is 2.32. The van der Waals surface area contributed by atoms with Gasteiger partial charge >= 0.3 is 0 Å². The molecule has 2 rings (SSSR count). The van der Waals surface area contributed by atoms with Gasteiger partial charge in [0.2, 0.25) is 5.91 Å². The molecule has 0 spiro atoms. The highest BCUT2D eigenvalue weighted by Gasteiger charge is 2.30. The van der Waals surface area contributed by atoms with E-state index in [1.165, 1.54) is 32.1 Å². The molecule has 1 heterocycles. The monoisotopic (exact) mass is 315 g/mol. The Balaban J connectivity index is 1.66. The summed E-state index contributed by atoms with van der Waals surface area (Å²) in [4.78, 5) is 12.2. The maximum Gasteiger partial charge on any atom is 0.223 e. The van der Waals surface area contributed by atoms with Crippen LogP contribution in [0.1, 0.15) is 58.3 Å². The third-order valence-electron chi connectivity index (χ3n) is 5.08. The van der Waals surface area contributed by atoms with Gasteiger partial charge in [0.15, 0.2) is 9.84 Å². The van der Waals surface area contributed by atoms with Gasteiger partial charge in [0.25, 0.3) is 0 Å². The number of rotatable bonds is 6. The lowest BCUT2D eigenvalue weighted by molar-refractivity contribution is -0.126. The minimum absolute atomic E-state index is 0.125. The van der Waals surface area contributed by atoms with Gasteiger partial charge in [0, 0.05) is 12.5 Å². The molecule has 1 amide bonds. The molecular weight excluding hydrogens is 286 g/mol. The van der Waals surface area contributed by atoms with E-state index in [2.05, 4.69) is 12.2 Å². The Hall–Kier alpha value is -0.580. The number of carbonyl (C=O) groups excluding carboxylic acids is 1. The first-order chi connectivity index (χ1) is 10.00. The number of carbonyl (C=O) groups is 1. The fraction of sp³-hybridized carbons (Fsp3) is 0.938. The van der Waals surface area contributed by atoms with Gasteiger partial charge in [-0.25, -0.2) is 8.42 Å². The van der Waals surface area contributed by atoms with Gasteiger partial charge in [0.1, 0.15) is 0 Å². The maximum atomic E-state index is 12.2. The molecule has 0 unspecified atom stereocenters. The van der Waals surface area contributed by atoms with Crippen molar-refractivity contribution >= 4 is 15.7 Å². The van der Waals surface area contributed by atoms with E-state index in [1.54, 1.807) is 0 Å². The summed E-state index contributed by atoms with van der Waals surface area (Å²) in [5.74, 6) is 1.77. The second-order valence-corrected chi connectivity index (χ2v) is 9.10. The minimum atomic E-state index is -2.84. The first kappa shape index (κ1) is 16.8. The second-order valence-electron chi connectivity index (χ2n) is 6.87. The fourth-order valence-corrected chi connectivity index (χ4v) is 5.49. The average Bonchev–Trinajstić information content (AvgIpc) is 2.82. The molecule has 0 aromatic carbocycles. The Labute approximate surface area is 129 Å². The summed E-state index contributed by atoms with van der Waals surface area (Å²) in [7, 11) is -2.84. The number of amides is 1. The Kier molecular flexibility index (Phi) is 6.08. The van der Waals surface area contributed by atoms with Crippen molar-refractivity contribution in [2.45, 2.75) is 58.3 Å². The summed E-state index contributed by atoms with van der Waals surface area (Å²) in [6.45, 7) is 2.76. The van der Waals surface area contributed by atoms with Crippen LogP contribution in [0.4, 0.5) is 0 Å². The average molecular weight is 315 g/mol. The molecule has 21 heavy (non-hydrogen) atoms. The summed E-state index contributed by atoms with van der Waals surface area (Å²) in [5.41, 5.74) is 0. The molecule has 1 atom stereocenters. The zero-order chi connectivity index (χ0) is 15.3. The second kappa shape index (κ2) is 7.61. The van der Waals surface area contributed by atoms with Crippen LogP contribution in [0, 0.1) is 17.8 Å². The van der Waals surface area contributed by atoms with Gasteiger partial charge in [0.05, 0.1) is 11.5 Å². The first-order valence-corrected chi connectivity index (χ1v) is 10.3. The van der Waals surface area contributed by atoms with Gasteiger partial charge in [-0.3, -0.25) is 4.79 Å². The lowest BCUT2D eigenvalue weighted by Crippen LogP contribution is -2.36. The van der Waals surface area contributed by atoms with Crippen LogP contribution < -0.4 is 5.32 Å². The molecule has 1 aliphatic heterocycles. The van der Waals surface area contributed by atoms with Crippen molar-refractivity contribution in [2.75, 3.05) is 18.1 Å². The van der Waals surface area contributed by atoms with Crippen LogP contribution in [0.5, 0.6) is 0 Å². The summed E-state index contributed by atoms with van der Waals surface area (Å²) < 4.78 is 22.8. The molecule has 0 radical (unpaired) electrons. The van der Waals surface area contributed by atoms with Crippen molar-refractivity contribution in [2.24, 2.45) is 17.8 Å². The maximum absolute atomic E-state index is 12.2. The first-order valence-electron chi connectivity index (χ1n) is 8.48. The quantitative estimate of drug-likeness (QED) is 0.819. The third-order valence-corrected chi connectivity index (χ3v) is 6.91. The Morgan fingerprint density at radius 2 is 1.81 bits per heavy atom. The molecule has 2 aliphatic rings. The number of hydrogen-bond donors (Lipinski definition) is 1. The largest absolute Gasteiger partial charge is 0.356 e. The van der Waals surface area contributed by atoms with Gasteiger partial charge in [-0.2, -0.15) is 0 Å². The highest BCUT2D eigenvalue weighted by atomic mass is 32.2. The molecule has 4 nitrogen and oxygen atoms in total. The molecule has 0 aromatic rings. The number of hydrogen-bond acceptors (Lipinski definition) is 3. The van der Waals surface area contributed by atoms with Crippen LogP contribution in [-0.4, -0.2) is 32.4 Å². The predicted molar refractivity (Wildman–Crippen MR) is 84.7 cm³/mol. The van der Waals surface area contributed by atoms with Gasteiger partial charge in [-0.1, -0.05) is 26.2 Å². The Morgan fingerprint density at radius 3 is 2.38 bits per heavy atom. The van der Waals surface area contributed by atoms with E-state index in [0.29, 0.717) is 13.0 Å². The number of sulfone groups is 1. The molecular formula is C16H29NO3S. The summed E-state index contributed by atoms with van der Waals surface area (Å²) in [6.07, 6.45) is 8.93. The minimum Gasteiger partial charge on any atom is -0.356 e. The van der Waals surface area contributed by atoms with Crippen molar-refractivity contribution in [1.82, 2.24) is 5.32 Å². The van der Waals surface area contributed by atoms with Crippen molar-refractivity contribution < 1.29 is 13.2 Å².